The molecule has 1 unspecified atom stereocenters. The van der Waals surface area contributed by atoms with Gasteiger partial charge in [0.1, 0.15) is 16.6 Å². The Morgan fingerprint density at radius 1 is 1.28 bits per heavy atom. The number of piperidine rings is 1. The fourth-order valence-corrected chi connectivity index (χ4v) is 4.98. The van der Waals surface area contributed by atoms with Crippen LogP contribution in [-0.2, 0) is 4.74 Å². The van der Waals surface area contributed by atoms with Crippen molar-refractivity contribution in [1.82, 2.24) is 14.9 Å². The number of pyridine rings is 2. The topological polar surface area (TPSA) is 67.4 Å². The highest BCUT2D eigenvalue weighted by Crippen LogP contribution is 2.38. The van der Waals surface area contributed by atoms with Crippen LogP contribution in [0.4, 0.5) is 10.6 Å². The minimum Gasteiger partial charge on any atom is -0.444 e. The number of hydrogen-bond donors (Lipinski definition) is 1. The highest BCUT2D eigenvalue weighted by molar-refractivity contribution is 7.98. The van der Waals surface area contributed by atoms with Gasteiger partial charge in [-0.05, 0) is 58.8 Å². The van der Waals surface area contributed by atoms with Crippen molar-refractivity contribution in [1.29, 1.82) is 0 Å². The van der Waals surface area contributed by atoms with Crippen LogP contribution in [0.5, 0.6) is 0 Å². The van der Waals surface area contributed by atoms with Gasteiger partial charge in [-0.2, -0.15) is 0 Å². The number of amides is 1. The van der Waals surface area contributed by atoms with Crippen molar-refractivity contribution in [3.05, 3.63) is 23.5 Å². The van der Waals surface area contributed by atoms with Gasteiger partial charge in [0.05, 0.1) is 5.52 Å². The van der Waals surface area contributed by atoms with E-state index in [1.54, 1.807) is 17.8 Å². The third-order valence-corrected chi connectivity index (χ3v) is 6.43. The summed E-state index contributed by atoms with van der Waals surface area (Å²) in [5.41, 5.74) is 0.358. The number of thioether (sulfide) groups is 1. The normalized spacial score (nSPS) is 24.0. The summed E-state index contributed by atoms with van der Waals surface area (Å²) in [6, 6.07) is 4.53. The lowest BCUT2D eigenvalue weighted by atomic mass is 9.97. The zero-order valence-corrected chi connectivity index (χ0v) is 18.8. The number of hydrogen-bond acceptors (Lipinski definition) is 6. The average molecular weight is 435 g/mol. The Morgan fingerprint density at radius 3 is 2.59 bits per heavy atom. The molecule has 4 rings (SSSR count). The Kier molecular flexibility index (Phi) is 5.55. The van der Waals surface area contributed by atoms with Gasteiger partial charge in [0, 0.05) is 40.7 Å². The van der Waals surface area contributed by atoms with E-state index >= 15 is 0 Å². The lowest BCUT2D eigenvalue weighted by Gasteiger charge is -2.39. The highest BCUT2D eigenvalue weighted by Gasteiger charge is 2.45. The third-order valence-electron chi connectivity index (χ3n) is 5.54. The smallest absolute Gasteiger partial charge is 0.410 e. The molecule has 8 heteroatoms. The van der Waals surface area contributed by atoms with Gasteiger partial charge in [0.15, 0.2) is 0 Å². The summed E-state index contributed by atoms with van der Waals surface area (Å²) in [4.78, 5) is 24.8. The predicted molar refractivity (Wildman–Crippen MR) is 118 cm³/mol. The van der Waals surface area contributed by atoms with Crippen molar-refractivity contribution in [2.45, 2.75) is 75.1 Å². The van der Waals surface area contributed by atoms with Crippen LogP contribution in [0.2, 0.25) is 5.15 Å². The quantitative estimate of drug-likeness (QED) is 0.519. The van der Waals surface area contributed by atoms with Crippen LogP contribution in [0.15, 0.2) is 23.2 Å². The summed E-state index contributed by atoms with van der Waals surface area (Å²) in [7, 11) is 0. The SMILES string of the molecule is CSc1cnc2cc(Cl)nc(NC3C[C@H]4CC[C@@H](C3)N4C(=O)OC(C)(C)C)c2c1. The molecule has 4 heterocycles. The Morgan fingerprint density at radius 2 is 1.97 bits per heavy atom. The van der Waals surface area contributed by atoms with E-state index in [9.17, 15) is 4.79 Å². The van der Waals surface area contributed by atoms with Gasteiger partial charge in [-0.15, -0.1) is 11.8 Å². The summed E-state index contributed by atoms with van der Waals surface area (Å²) < 4.78 is 5.64. The number of rotatable bonds is 3. The van der Waals surface area contributed by atoms with E-state index in [4.69, 9.17) is 16.3 Å². The number of fused-ring (bicyclic) bond motifs is 3. The van der Waals surface area contributed by atoms with Gasteiger partial charge >= 0.3 is 6.09 Å². The van der Waals surface area contributed by atoms with E-state index in [0.717, 1.165) is 47.3 Å². The molecular weight excluding hydrogens is 408 g/mol. The maximum atomic E-state index is 12.7. The number of nitrogens with zero attached hydrogens (tertiary/aromatic N) is 3. The summed E-state index contributed by atoms with van der Waals surface area (Å²) in [6.07, 6.45) is 7.48. The fourth-order valence-electron chi connectivity index (χ4n) is 4.40. The highest BCUT2D eigenvalue weighted by atomic mass is 35.5. The second kappa shape index (κ2) is 7.84. The second-order valence-electron chi connectivity index (χ2n) is 8.82. The lowest BCUT2D eigenvalue weighted by Crippen LogP contribution is -2.51. The number of ether oxygens (including phenoxy) is 1. The maximum absolute atomic E-state index is 12.7. The molecule has 2 bridgehead atoms. The van der Waals surface area contributed by atoms with E-state index in [1.165, 1.54) is 0 Å². The molecule has 2 aliphatic rings. The zero-order chi connectivity index (χ0) is 20.8. The molecule has 29 heavy (non-hydrogen) atoms. The van der Waals surface area contributed by atoms with Crippen LogP contribution >= 0.6 is 23.4 Å². The molecule has 0 radical (unpaired) electrons. The summed E-state index contributed by atoms with van der Waals surface area (Å²) >= 11 is 7.90. The standard InChI is InChI=1S/C21H27ClN4O2S/c1-21(2,3)28-20(27)26-13-5-6-14(26)8-12(7-13)24-19-16-9-15(29-4)11-23-17(16)10-18(22)25-19/h9-14H,5-8H2,1-4H3,(H,24,25)/t12?,13-,14+. The van der Waals surface area contributed by atoms with Crippen LogP contribution in [-0.4, -0.2) is 50.9 Å². The average Bonchev–Trinajstić information content (AvgIpc) is 2.91. The molecule has 2 aromatic rings. The molecule has 0 saturated carbocycles. The largest absolute Gasteiger partial charge is 0.444 e. The molecule has 0 aliphatic carbocycles. The van der Waals surface area contributed by atoms with Crippen LogP contribution in [0.1, 0.15) is 46.5 Å². The van der Waals surface area contributed by atoms with Crippen molar-refractivity contribution in [2.75, 3.05) is 11.6 Å². The van der Waals surface area contributed by atoms with Crippen LogP contribution in [0.25, 0.3) is 10.9 Å². The Labute approximate surface area is 180 Å². The zero-order valence-electron chi connectivity index (χ0n) is 17.2. The molecule has 6 nitrogen and oxygen atoms in total. The molecule has 1 N–H and O–H groups in total. The van der Waals surface area contributed by atoms with Crippen LogP contribution in [0.3, 0.4) is 0 Å². The van der Waals surface area contributed by atoms with E-state index in [0.29, 0.717) is 5.15 Å². The van der Waals surface area contributed by atoms with E-state index in [-0.39, 0.29) is 24.2 Å². The van der Waals surface area contributed by atoms with Crippen molar-refractivity contribution < 1.29 is 9.53 Å². The number of anilines is 1. The van der Waals surface area contributed by atoms with Gasteiger partial charge < -0.3 is 15.0 Å². The first kappa shape index (κ1) is 20.5. The Hall–Kier alpha value is -1.73. The molecule has 156 valence electrons. The van der Waals surface area contributed by atoms with Gasteiger partial charge in [0.25, 0.3) is 0 Å². The summed E-state index contributed by atoms with van der Waals surface area (Å²) in [5.74, 6) is 0.769. The van der Waals surface area contributed by atoms with E-state index < -0.39 is 5.60 Å². The molecule has 3 atom stereocenters. The first-order valence-electron chi connectivity index (χ1n) is 10.0. The van der Waals surface area contributed by atoms with Crippen molar-refractivity contribution >= 4 is 46.2 Å². The van der Waals surface area contributed by atoms with Crippen LogP contribution in [0, 0.1) is 0 Å². The summed E-state index contributed by atoms with van der Waals surface area (Å²) in [6.45, 7) is 5.73. The number of carbonyl (C=O) groups is 1. The number of halogens is 1. The van der Waals surface area contributed by atoms with Crippen molar-refractivity contribution in [3.63, 3.8) is 0 Å². The minimum atomic E-state index is -0.475. The molecular formula is C21H27ClN4O2S. The summed E-state index contributed by atoms with van der Waals surface area (Å²) in [5, 5.41) is 5.01. The van der Waals surface area contributed by atoms with Crippen LogP contribution < -0.4 is 5.32 Å². The third kappa shape index (κ3) is 4.40. The van der Waals surface area contributed by atoms with Crippen molar-refractivity contribution in [3.8, 4) is 0 Å². The number of carbonyl (C=O) groups excluding carboxylic acids is 1. The first-order valence-corrected chi connectivity index (χ1v) is 11.6. The van der Waals surface area contributed by atoms with E-state index in [1.807, 2.05) is 38.1 Å². The molecule has 2 aliphatic heterocycles. The Bertz CT molecular complexity index is 919. The Balaban J connectivity index is 1.53. The molecule has 0 spiro atoms. The predicted octanol–water partition coefficient (Wildman–Crippen LogP) is 5.35. The molecule has 2 fully saturated rings. The van der Waals surface area contributed by atoms with Gasteiger partial charge in [-0.25, -0.2) is 9.78 Å². The number of nitrogens with one attached hydrogen (secondary N) is 1. The lowest BCUT2D eigenvalue weighted by molar-refractivity contribution is 0.00683. The van der Waals surface area contributed by atoms with Gasteiger partial charge in [0.2, 0.25) is 0 Å². The minimum absolute atomic E-state index is 0.191. The monoisotopic (exact) mass is 434 g/mol. The van der Waals surface area contributed by atoms with E-state index in [2.05, 4.69) is 21.4 Å². The maximum Gasteiger partial charge on any atom is 0.410 e. The second-order valence-corrected chi connectivity index (χ2v) is 10.1. The molecule has 1 amide bonds. The molecule has 0 aromatic carbocycles. The van der Waals surface area contributed by atoms with Gasteiger partial charge in [-0.3, -0.25) is 4.98 Å². The first-order chi connectivity index (χ1) is 13.7. The van der Waals surface area contributed by atoms with Crippen molar-refractivity contribution in [2.24, 2.45) is 0 Å². The van der Waals surface area contributed by atoms with Gasteiger partial charge in [-0.1, -0.05) is 11.6 Å². The molecule has 2 saturated heterocycles. The molecule has 2 aromatic heterocycles. The number of aromatic nitrogens is 2. The fraction of sp³-hybridized carbons (Fsp3) is 0.571.